The number of fused-ring (bicyclic) bond motifs is 1. The smallest absolute Gasteiger partial charge is 0.245 e. The Bertz CT molecular complexity index is 1200. The number of carbonyl (C=O) groups is 1. The maximum atomic E-state index is 12.0. The lowest BCUT2D eigenvalue weighted by Gasteiger charge is -2.13. The average molecular weight is 417 g/mol. The molecule has 1 aromatic carbocycles. The largest absolute Gasteiger partial charge is 0.497 e. The number of nitrogen functional groups attached to an aromatic ring is 1. The van der Waals surface area contributed by atoms with Gasteiger partial charge in [0.2, 0.25) is 5.91 Å². The molecule has 8 nitrogen and oxygen atoms in total. The minimum atomic E-state index is -0.0727. The summed E-state index contributed by atoms with van der Waals surface area (Å²) >= 11 is 0. The van der Waals surface area contributed by atoms with Crippen molar-refractivity contribution in [3.05, 3.63) is 60.3 Å². The molecule has 0 saturated carbocycles. The van der Waals surface area contributed by atoms with Crippen LogP contribution in [-0.2, 0) is 4.79 Å². The summed E-state index contributed by atoms with van der Waals surface area (Å²) in [4.78, 5) is 22.8. The fourth-order valence-corrected chi connectivity index (χ4v) is 3.77. The van der Waals surface area contributed by atoms with Crippen molar-refractivity contribution in [3.8, 4) is 23.3 Å². The van der Waals surface area contributed by atoms with Crippen molar-refractivity contribution < 1.29 is 14.3 Å². The molecule has 1 aliphatic rings. The molecule has 158 valence electrons. The number of amides is 1. The van der Waals surface area contributed by atoms with Gasteiger partial charge in [-0.1, -0.05) is 12.5 Å². The van der Waals surface area contributed by atoms with Crippen LogP contribution in [0.1, 0.15) is 29.4 Å². The third kappa shape index (κ3) is 3.90. The van der Waals surface area contributed by atoms with Gasteiger partial charge >= 0.3 is 0 Å². The third-order valence-electron chi connectivity index (χ3n) is 5.33. The van der Waals surface area contributed by atoms with E-state index < -0.39 is 0 Å². The van der Waals surface area contributed by atoms with Gasteiger partial charge < -0.3 is 20.1 Å². The second kappa shape index (κ2) is 8.40. The van der Waals surface area contributed by atoms with Crippen LogP contribution in [-0.4, -0.2) is 52.5 Å². The number of methoxy groups -OCH3 is 2. The van der Waals surface area contributed by atoms with Gasteiger partial charge in [-0.15, -0.1) is 0 Å². The first-order chi connectivity index (χ1) is 15.0. The number of anilines is 1. The Kier molecular flexibility index (Phi) is 5.50. The summed E-state index contributed by atoms with van der Waals surface area (Å²) < 4.78 is 12.5. The molecule has 0 spiro atoms. The molecule has 1 amide bonds. The molecular formula is C23H23N5O3. The lowest BCUT2D eigenvalue weighted by atomic mass is 10.1. The predicted molar refractivity (Wildman–Crippen MR) is 117 cm³/mol. The number of hydrogen-bond donors (Lipinski definition) is 1. The Balaban J connectivity index is 1.75. The number of rotatable bonds is 4. The van der Waals surface area contributed by atoms with Gasteiger partial charge in [0.25, 0.3) is 0 Å². The first-order valence-electron chi connectivity index (χ1n) is 9.83. The van der Waals surface area contributed by atoms with E-state index in [9.17, 15) is 4.79 Å². The Morgan fingerprint density at radius 1 is 1.26 bits per heavy atom. The van der Waals surface area contributed by atoms with Gasteiger partial charge in [0.15, 0.2) is 5.82 Å². The molecule has 0 aliphatic carbocycles. The minimum absolute atomic E-state index is 0.0727. The van der Waals surface area contributed by atoms with Gasteiger partial charge in [0.05, 0.1) is 14.2 Å². The van der Waals surface area contributed by atoms with Gasteiger partial charge in [-0.25, -0.2) is 9.97 Å². The van der Waals surface area contributed by atoms with Gasteiger partial charge in [-0.2, -0.15) is 0 Å². The SMILES string of the molecule is C=CC(=O)N1CC[C@H](c2nc(C#Cc3cc(OC)cc(OC)c3)c3c(N)nccn23)C1. The highest BCUT2D eigenvalue weighted by Crippen LogP contribution is 2.30. The lowest BCUT2D eigenvalue weighted by Crippen LogP contribution is -2.26. The first kappa shape index (κ1) is 20.3. The van der Waals surface area contributed by atoms with Gasteiger partial charge in [0, 0.05) is 43.0 Å². The highest BCUT2D eigenvalue weighted by Gasteiger charge is 2.30. The molecule has 1 aliphatic heterocycles. The first-order valence-corrected chi connectivity index (χ1v) is 9.83. The molecule has 4 rings (SSSR count). The van der Waals surface area contributed by atoms with Crippen molar-refractivity contribution in [2.45, 2.75) is 12.3 Å². The van der Waals surface area contributed by atoms with Crippen molar-refractivity contribution in [3.63, 3.8) is 0 Å². The van der Waals surface area contributed by atoms with Gasteiger partial charge in [0.1, 0.15) is 28.5 Å². The zero-order chi connectivity index (χ0) is 22.0. The maximum Gasteiger partial charge on any atom is 0.245 e. The number of nitrogens with two attached hydrogens (primary N) is 1. The molecule has 0 unspecified atom stereocenters. The predicted octanol–water partition coefficient (Wildman–Crippen LogP) is 2.23. The van der Waals surface area contributed by atoms with Crippen molar-refractivity contribution in [2.24, 2.45) is 0 Å². The number of ether oxygens (including phenoxy) is 2. The van der Waals surface area contributed by atoms with Crippen LogP contribution in [0.2, 0.25) is 0 Å². The van der Waals surface area contributed by atoms with Gasteiger partial charge in [-0.3, -0.25) is 9.20 Å². The zero-order valence-corrected chi connectivity index (χ0v) is 17.5. The molecule has 3 heterocycles. The summed E-state index contributed by atoms with van der Waals surface area (Å²) in [5.74, 6) is 8.72. The van der Waals surface area contributed by atoms with Crippen LogP contribution in [0.5, 0.6) is 11.5 Å². The van der Waals surface area contributed by atoms with Crippen LogP contribution in [0.15, 0.2) is 43.2 Å². The Labute approximate surface area is 180 Å². The van der Waals surface area contributed by atoms with Crippen LogP contribution >= 0.6 is 0 Å². The van der Waals surface area contributed by atoms with Crippen LogP contribution in [0.25, 0.3) is 5.52 Å². The minimum Gasteiger partial charge on any atom is -0.497 e. The molecule has 2 aromatic heterocycles. The molecule has 31 heavy (non-hydrogen) atoms. The van der Waals surface area contributed by atoms with E-state index >= 15 is 0 Å². The molecule has 3 aromatic rings. The van der Waals surface area contributed by atoms with E-state index in [0.29, 0.717) is 41.6 Å². The second-order valence-corrected chi connectivity index (χ2v) is 7.18. The van der Waals surface area contributed by atoms with E-state index in [0.717, 1.165) is 17.8 Å². The van der Waals surface area contributed by atoms with E-state index in [-0.39, 0.29) is 11.8 Å². The molecular weight excluding hydrogens is 394 g/mol. The van der Waals surface area contributed by atoms with Crippen LogP contribution in [0, 0.1) is 11.8 Å². The molecule has 8 heteroatoms. The van der Waals surface area contributed by atoms with E-state index in [1.807, 2.05) is 22.7 Å². The van der Waals surface area contributed by atoms with E-state index in [1.165, 1.54) is 6.08 Å². The standard InChI is InChI=1S/C23H23N5O3/c1-4-20(29)27-9-7-16(14-27)23-26-19(21-22(24)25-8-10-28(21)23)6-5-15-11-17(30-2)13-18(12-15)31-3/h4,8,10-13,16H,1,7,9,14H2,2-3H3,(H2,24,25)/t16-/m0/s1. The molecule has 1 atom stereocenters. The number of aromatic nitrogens is 3. The zero-order valence-electron chi connectivity index (χ0n) is 17.5. The average Bonchev–Trinajstić information content (AvgIpc) is 3.42. The number of imidazole rings is 1. The van der Waals surface area contributed by atoms with E-state index in [4.69, 9.17) is 20.2 Å². The summed E-state index contributed by atoms with van der Waals surface area (Å²) in [7, 11) is 3.19. The number of hydrogen-bond acceptors (Lipinski definition) is 6. The van der Waals surface area contributed by atoms with Crippen LogP contribution in [0.4, 0.5) is 5.82 Å². The third-order valence-corrected chi connectivity index (χ3v) is 5.33. The quantitative estimate of drug-likeness (QED) is 0.517. The monoisotopic (exact) mass is 417 g/mol. The summed E-state index contributed by atoms with van der Waals surface area (Å²) in [6.45, 7) is 4.81. The number of benzene rings is 1. The number of likely N-dealkylation sites (tertiary alicyclic amines) is 1. The topological polar surface area (TPSA) is 95.0 Å². The second-order valence-electron chi connectivity index (χ2n) is 7.18. The molecule has 0 radical (unpaired) electrons. The Morgan fingerprint density at radius 2 is 2.00 bits per heavy atom. The maximum absolute atomic E-state index is 12.0. The highest BCUT2D eigenvalue weighted by molar-refractivity contribution is 5.87. The summed E-state index contributed by atoms with van der Waals surface area (Å²) in [6, 6.07) is 5.44. The van der Waals surface area contributed by atoms with Crippen LogP contribution in [0.3, 0.4) is 0 Å². The Hall–Kier alpha value is -3.99. The molecule has 1 fully saturated rings. The molecule has 2 N–H and O–H groups in total. The number of carbonyl (C=O) groups excluding carboxylic acids is 1. The fourth-order valence-electron chi connectivity index (χ4n) is 3.77. The molecule has 1 saturated heterocycles. The summed E-state index contributed by atoms with van der Waals surface area (Å²) in [5.41, 5.74) is 8.09. The molecule has 0 bridgehead atoms. The van der Waals surface area contributed by atoms with Crippen molar-refractivity contribution in [1.29, 1.82) is 0 Å². The van der Waals surface area contributed by atoms with Crippen molar-refractivity contribution in [1.82, 2.24) is 19.3 Å². The van der Waals surface area contributed by atoms with E-state index in [2.05, 4.69) is 23.4 Å². The lowest BCUT2D eigenvalue weighted by molar-refractivity contribution is -0.125. The highest BCUT2D eigenvalue weighted by atomic mass is 16.5. The van der Waals surface area contributed by atoms with E-state index in [1.54, 1.807) is 31.4 Å². The van der Waals surface area contributed by atoms with Gasteiger partial charge in [-0.05, 0) is 30.6 Å². The summed E-state index contributed by atoms with van der Waals surface area (Å²) in [5, 5.41) is 0. The summed E-state index contributed by atoms with van der Waals surface area (Å²) in [6.07, 6.45) is 5.61. The van der Waals surface area contributed by atoms with Crippen molar-refractivity contribution >= 4 is 17.2 Å². The Morgan fingerprint density at radius 3 is 2.68 bits per heavy atom. The number of nitrogens with zero attached hydrogens (tertiary/aromatic N) is 4. The fraction of sp³-hybridized carbons (Fsp3) is 0.261. The van der Waals surface area contributed by atoms with Crippen molar-refractivity contribution in [2.75, 3.05) is 33.0 Å². The normalized spacial score (nSPS) is 15.4. The van der Waals surface area contributed by atoms with Crippen LogP contribution < -0.4 is 15.2 Å².